The maximum absolute atomic E-state index is 9.05. The number of ether oxygens (including phenoxy) is 1. The van der Waals surface area contributed by atoms with Gasteiger partial charge < -0.3 is 9.84 Å². The van der Waals surface area contributed by atoms with Crippen molar-refractivity contribution in [3.63, 3.8) is 0 Å². The molecule has 1 heterocycles. The summed E-state index contributed by atoms with van der Waals surface area (Å²) in [6, 6.07) is 0. The molecule has 0 bridgehead atoms. The van der Waals surface area contributed by atoms with Crippen molar-refractivity contribution in [3.05, 3.63) is 7.91 Å². The van der Waals surface area contributed by atoms with Crippen molar-refractivity contribution in [2.24, 2.45) is 0 Å². The minimum atomic E-state index is 0.114. The Morgan fingerprint density at radius 3 is 2.50 bits per heavy atom. The topological polar surface area (TPSA) is 29.5 Å². The molecule has 1 rings (SSSR count). The fourth-order valence-corrected chi connectivity index (χ4v) is 2.78. The third-order valence-electron chi connectivity index (χ3n) is 0.956. The molecule has 0 aliphatic rings. The molecule has 0 aromatic carbocycles. The fraction of sp³-hybridized carbons (Fsp3) is 0.200. The standard InChI is InChI=1S/C5H4ClIO2S/c1-9-3-2(6)5(8)10-4(3)7/h8H,1H3. The van der Waals surface area contributed by atoms with Crippen LogP contribution in [0.25, 0.3) is 0 Å². The first-order chi connectivity index (χ1) is 4.66. The van der Waals surface area contributed by atoms with E-state index in [1.165, 1.54) is 18.4 Å². The summed E-state index contributed by atoms with van der Waals surface area (Å²) in [6.07, 6.45) is 0. The molecular formula is C5H4ClIO2S. The number of thiophene rings is 1. The zero-order valence-electron chi connectivity index (χ0n) is 5.02. The summed E-state index contributed by atoms with van der Waals surface area (Å²) in [5.74, 6) is 0.560. The van der Waals surface area contributed by atoms with Gasteiger partial charge in [0, 0.05) is 0 Å². The summed E-state index contributed by atoms with van der Waals surface area (Å²) >= 11 is 8.91. The average molecular weight is 291 g/mol. The summed E-state index contributed by atoms with van der Waals surface area (Å²) < 4.78 is 5.77. The Kier molecular flexibility index (Phi) is 2.65. The van der Waals surface area contributed by atoms with Gasteiger partial charge in [-0.05, 0) is 22.6 Å². The Labute approximate surface area is 80.9 Å². The van der Waals surface area contributed by atoms with Crippen molar-refractivity contribution in [1.82, 2.24) is 0 Å². The van der Waals surface area contributed by atoms with Crippen LogP contribution in [0.1, 0.15) is 0 Å². The first-order valence-electron chi connectivity index (χ1n) is 2.37. The molecule has 5 heteroatoms. The molecule has 0 aliphatic carbocycles. The van der Waals surface area contributed by atoms with Gasteiger partial charge in [-0.25, -0.2) is 0 Å². The molecule has 0 atom stereocenters. The van der Waals surface area contributed by atoms with Crippen molar-refractivity contribution in [1.29, 1.82) is 0 Å². The van der Waals surface area contributed by atoms with Gasteiger partial charge in [-0.3, -0.25) is 0 Å². The van der Waals surface area contributed by atoms with Gasteiger partial charge in [-0.2, -0.15) is 0 Å². The Bertz CT molecular complexity index is 248. The van der Waals surface area contributed by atoms with Crippen LogP contribution in [0.3, 0.4) is 0 Å². The van der Waals surface area contributed by atoms with Crippen LogP contribution in [0.5, 0.6) is 10.8 Å². The average Bonchev–Trinajstić information content (AvgIpc) is 2.09. The van der Waals surface area contributed by atoms with Gasteiger partial charge in [0.2, 0.25) is 0 Å². The monoisotopic (exact) mass is 290 g/mol. The number of aromatic hydroxyl groups is 1. The molecule has 1 aromatic rings. The molecular weight excluding hydrogens is 286 g/mol. The van der Waals surface area contributed by atoms with E-state index in [9.17, 15) is 0 Å². The van der Waals surface area contributed by atoms with E-state index in [0.29, 0.717) is 10.8 Å². The molecule has 2 nitrogen and oxygen atoms in total. The van der Waals surface area contributed by atoms with E-state index >= 15 is 0 Å². The third-order valence-corrected chi connectivity index (χ3v) is 3.33. The summed E-state index contributed by atoms with van der Waals surface area (Å²) in [6.45, 7) is 0. The summed E-state index contributed by atoms with van der Waals surface area (Å²) in [7, 11) is 1.52. The second-order valence-corrected chi connectivity index (χ2v) is 4.72. The lowest BCUT2D eigenvalue weighted by Gasteiger charge is -1.94. The zero-order chi connectivity index (χ0) is 7.72. The van der Waals surface area contributed by atoms with Crippen LogP contribution in [0.4, 0.5) is 0 Å². The summed E-state index contributed by atoms with van der Waals surface area (Å²) in [5, 5.41) is 9.47. The van der Waals surface area contributed by atoms with E-state index in [1.54, 1.807) is 0 Å². The normalized spacial score (nSPS) is 9.90. The third kappa shape index (κ3) is 1.33. The molecule has 0 unspecified atom stereocenters. The Morgan fingerprint density at radius 2 is 2.30 bits per heavy atom. The van der Waals surface area contributed by atoms with Crippen LogP contribution < -0.4 is 4.74 Å². The zero-order valence-corrected chi connectivity index (χ0v) is 8.75. The van der Waals surface area contributed by atoms with Crippen LogP contribution in [0.2, 0.25) is 5.02 Å². The number of hydrogen-bond acceptors (Lipinski definition) is 3. The maximum Gasteiger partial charge on any atom is 0.195 e. The van der Waals surface area contributed by atoms with E-state index in [2.05, 4.69) is 22.6 Å². The quantitative estimate of drug-likeness (QED) is 0.806. The molecule has 1 N–H and O–H groups in total. The Morgan fingerprint density at radius 1 is 1.70 bits per heavy atom. The molecule has 0 aliphatic heterocycles. The fourth-order valence-electron chi connectivity index (χ4n) is 0.529. The van der Waals surface area contributed by atoms with Gasteiger partial charge in [0.05, 0.1) is 7.11 Å². The molecule has 0 saturated carbocycles. The van der Waals surface area contributed by atoms with Crippen molar-refractivity contribution >= 4 is 45.5 Å². The highest BCUT2D eigenvalue weighted by Gasteiger charge is 2.13. The smallest absolute Gasteiger partial charge is 0.195 e. The van der Waals surface area contributed by atoms with Gasteiger partial charge >= 0.3 is 0 Å². The Balaban J connectivity index is 3.20. The molecule has 10 heavy (non-hydrogen) atoms. The summed E-state index contributed by atoms with van der Waals surface area (Å²) in [4.78, 5) is 0. The number of methoxy groups -OCH3 is 1. The first kappa shape index (κ1) is 8.42. The molecule has 0 fully saturated rings. The molecule has 0 saturated heterocycles. The number of rotatable bonds is 1. The van der Waals surface area contributed by atoms with E-state index in [0.717, 1.165) is 2.88 Å². The van der Waals surface area contributed by atoms with Gasteiger partial charge in [0.1, 0.15) is 7.91 Å². The molecule has 56 valence electrons. The first-order valence-corrected chi connectivity index (χ1v) is 4.65. The largest absolute Gasteiger partial charge is 0.498 e. The SMILES string of the molecule is COc1c(I)sc(O)c1Cl. The lowest BCUT2D eigenvalue weighted by Crippen LogP contribution is -1.80. The summed E-state index contributed by atoms with van der Waals surface area (Å²) in [5.41, 5.74) is 0. The number of hydrogen-bond donors (Lipinski definition) is 1. The highest BCUT2D eigenvalue weighted by atomic mass is 127. The van der Waals surface area contributed by atoms with E-state index in [1.807, 2.05) is 0 Å². The van der Waals surface area contributed by atoms with Gasteiger partial charge in [0.25, 0.3) is 0 Å². The lowest BCUT2D eigenvalue weighted by atomic mass is 10.6. The van der Waals surface area contributed by atoms with Crippen LogP contribution in [0.15, 0.2) is 0 Å². The second-order valence-electron chi connectivity index (χ2n) is 1.53. The van der Waals surface area contributed by atoms with Crippen molar-refractivity contribution < 1.29 is 9.84 Å². The van der Waals surface area contributed by atoms with Crippen LogP contribution in [0, 0.1) is 2.88 Å². The van der Waals surface area contributed by atoms with Crippen molar-refractivity contribution in [2.75, 3.05) is 7.11 Å². The van der Waals surface area contributed by atoms with Crippen molar-refractivity contribution in [2.45, 2.75) is 0 Å². The molecule has 0 amide bonds. The lowest BCUT2D eigenvalue weighted by molar-refractivity contribution is 0.411. The van der Waals surface area contributed by atoms with Crippen LogP contribution in [-0.2, 0) is 0 Å². The highest BCUT2D eigenvalue weighted by molar-refractivity contribution is 14.1. The molecule has 0 spiro atoms. The predicted octanol–water partition coefficient (Wildman–Crippen LogP) is 2.72. The maximum atomic E-state index is 9.05. The highest BCUT2D eigenvalue weighted by Crippen LogP contribution is 2.44. The number of halogens is 2. The minimum Gasteiger partial charge on any atom is -0.498 e. The van der Waals surface area contributed by atoms with Gasteiger partial charge in [-0.15, -0.1) is 0 Å². The van der Waals surface area contributed by atoms with E-state index in [-0.39, 0.29) is 5.06 Å². The second kappa shape index (κ2) is 3.15. The Hall–Kier alpha value is 0.320. The van der Waals surface area contributed by atoms with E-state index < -0.39 is 0 Å². The van der Waals surface area contributed by atoms with Gasteiger partial charge in [0.15, 0.2) is 10.8 Å². The van der Waals surface area contributed by atoms with Crippen molar-refractivity contribution in [3.8, 4) is 10.8 Å². The van der Waals surface area contributed by atoms with Crippen LogP contribution in [-0.4, -0.2) is 12.2 Å². The predicted molar refractivity (Wildman–Crippen MR) is 50.3 cm³/mol. The molecule has 0 radical (unpaired) electrons. The van der Waals surface area contributed by atoms with Gasteiger partial charge in [-0.1, -0.05) is 22.9 Å². The molecule has 1 aromatic heterocycles. The van der Waals surface area contributed by atoms with E-state index in [4.69, 9.17) is 21.4 Å². The minimum absolute atomic E-state index is 0.114. The van der Waals surface area contributed by atoms with Crippen LogP contribution >= 0.6 is 45.5 Å².